The molecule has 1 N–H and O–H groups in total. The standard InChI is InChI=1S/C15H22F3NO2/c1-2-20-13-7-3-4-8-14(13)21-12-11-19-10-6-5-9-15(16,17)18/h3-4,7-8,19H,2,5-6,9-12H2,1H3. The fourth-order valence-corrected chi connectivity index (χ4v) is 1.78. The van der Waals surface area contributed by atoms with Gasteiger partial charge in [-0.05, 0) is 38.4 Å². The molecule has 0 unspecified atom stereocenters. The zero-order chi connectivity index (χ0) is 15.6. The predicted octanol–water partition coefficient (Wildman–Crippen LogP) is 3.79. The lowest BCUT2D eigenvalue weighted by molar-refractivity contribution is -0.135. The number of nitrogens with one attached hydrogen (secondary N) is 1. The molecule has 0 saturated heterocycles. The molecule has 0 amide bonds. The first kappa shape index (κ1) is 17.6. The largest absolute Gasteiger partial charge is 0.490 e. The van der Waals surface area contributed by atoms with E-state index in [0.29, 0.717) is 44.2 Å². The van der Waals surface area contributed by atoms with Crippen LogP contribution in [0.2, 0.25) is 0 Å². The van der Waals surface area contributed by atoms with E-state index in [1.54, 1.807) is 0 Å². The summed E-state index contributed by atoms with van der Waals surface area (Å²) in [5.74, 6) is 1.38. The quantitative estimate of drug-likeness (QED) is 0.667. The minimum atomic E-state index is -4.05. The van der Waals surface area contributed by atoms with Gasteiger partial charge in [0.1, 0.15) is 6.61 Å². The van der Waals surface area contributed by atoms with Gasteiger partial charge in [-0.15, -0.1) is 0 Å². The van der Waals surface area contributed by atoms with E-state index < -0.39 is 12.6 Å². The third kappa shape index (κ3) is 8.45. The molecule has 120 valence electrons. The van der Waals surface area contributed by atoms with Crippen LogP contribution in [0.1, 0.15) is 26.2 Å². The van der Waals surface area contributed by atoms with E-state index in [4.69, 9.17) is 9.47 Å². The summed E-state index contributed by atoms with van der Waals surface area (Å²) in [7, 11) is 0. The highest BCUT2D eigenvalue weighted by Gasteiger charge is 2.25. The maximum atomic E-state index is 11.9. The Kier molecular flexibility index (Phi) is 7.97. The normalized spacial score (nSPS) is 11.4. The van der Waals surface area contributed by atoms with Crippen LogP contribution < -0.4 is 14.8 Å². The van der Waals surface area contributed by atoms with Gasteiger partial charge >= 0.3 is 6.18 Å². The number of hydrogen-bond donors (Lipinski definition) is 1. The van der Waals surface area contributed by atoms with Gasteiger partial charge in [-0.2, -0.15) is 13.2 Å². The molecule has 1 aromatic rings. The van der Waals surface area contributed by atoms with Gasteiger partial charge in [-0.1, -0.05) is 12.1 Å². The minimum Gasteiger partial charge on any atom is -0.490 e. The molecule has 0 spiro atoms. The third-order valence-electron chi connectivity index (χ3n) is 2.75. The van der Waals surface area contributed by atoms with Gasteiger partial charge in [-0.3, -0.25) is 0 Å². The Balaban J connectivity index is 2.09. The zero-order valence-electron chi connectivity index (χ0n) is 12.2. The van der Waals surface area contributed by atoms with E-state index in [1.165, 1.54) is 0 Å². The summed E-state index contributed by atoms with van der Waals surface area (Å²) in [5, 5.41) is 3.06. The number of para-hydroxylation sites is 2. The fourth-order valence-electron chi connectivity index (χ4n) is 1.78. The lowest BCUT2D eigenvalue weighted by atomic mass is 10.2. The molecular formula is C15H22F3NO2. The van der Waals surface area contributed by atoms with E-state index in [9.17, 15) is 13.2 Å². The van der Waals surface area contributed by atoms with Crippen LogP contribution in [0.4, 0.5) is 13.2 Å². The van der Waals surface area contributed by atoms with Crippen LogP contribution in [0.25, 0.3) is 0 Å². The molecule has 0 heterocycles. The minimum absolute atomic E-state index is 0.157. The number of alkyl halides is 3. The number of unbranched alkanes of at least 4 members (excludes halogenated alkanes) is 1. The van der Waals surface area contributed by atoms with Crippen LogP contribution in [-0.2, 0) is 0 Å². The Morgan fingerprint density at radius 3 is 2.29 bits per heavy atom. The first-order chi connectivity index (χ1) is 10.0. The lowest BCUT2D eigenvalue weighted by Crippen LogP contribution is -2.22. The molecule has 0 aliphatic rings. The average Bonchev–Trinajstić information content (AvgIpc) is 2.42. The zero-order valence-corrected chi connectivity index (χ0v) is 12.2. The van der Waals surface area contributed by atoms with Gasteiger partial charge < -0.3 is 14.8 Å². The van der Waals surface area contributed by atoms with Crippen molar-refractivity contribution in [2.75, 3.05) is 26.3 Å². The molecule has 21 heavy (non-hydrogen) atoms. The fraction of sp³-hybridized carbons (Fsp3) is 0.600. The van der Waals surface area contributed by atoms with Gasteiger partial charge in [0.2, 0.25) is 0 Å². The summed E-state index contributed by atoms with van der Waals surface area (Å²) in [4.78, 5) is 0. The number of ether oxygens (including phenoxy) is 2. The monoisotopic (exact) mass is 305 g/mol. The van der Waals surface area contributed by atoms with E-state index in [0.717, 1.165) is 0 Å². The Hall–Kier alpha value is -1.43. The number of benzene rings is 1. The summed E-state index contributed by atoms with van der Waals surface area (Å²) in [5.41, 5.74) is 0. The SMILES string of the molecule is CCOc1ccccc1OCCNCCCCC(F)(F)F. The van der Waals surface area contributed by atoms with E-state index >= 15 is 0 Å². The Labute approximate surface area is 123 Å². The van der Waals surface area contributed by atoms with Crippen molar-refractivity contribution in [3.05, 3.63) is 24.3 Å². The molecule has 0 aliphatic carbocycles. The Morgan fingerprint density at radius 1 is 1.00 bits per heavy atom. The van der Waals surface area contributed by atoms with Crippen molar-refractivity contribution in [3.63, 3.8) is 0 Å². The molecule has 0 atom stereocenters. The Morgan fingerprint density at radius 2 is 1.67 bits per heavy atom. The molecule has 0 radical (unpaired) electrons. The van der Waals surface area contributed by atoms with E-state index in [-0.39, 0.29) is 6.42 Å². The summed E-state index contributed by atoms with van der Waals surface area (Å²) in [6.07, 6.45) is -4.10. The molecule has 0 bridgehead atoms. The van der Waals surface area contributed by atoms with Gasteiger partial charge in [0.05, 0.1) is 6.61 Å². The molecule has 0 aliphatic heterocycles. The molecule has 0 aromatic heterocycles. The molecule has 6 heteroatoms. The van der Waals surface area contributed by atoms with Gasteiger partial charge in [0.25, 0.3) is 0 Å². The highest BCUT2D eigenvalue weighted by Crippen LogP contribution is 2.26. The maximum absolute atomic E-state index is 11.9. The van der Waals surface area contributed by atoms with Crippen molar-refractivity contribution < 1.29 is 22.6 Å². The topological polar surface area (TPSA) is 30.5 Å². The van der Waals surface area contributed by atoms with Crippen LogP contribution in [0, 0.1) is 0 Å². The second kappa shape index (κ2) is 9.50. The number of rotatable bonds is 10. The maximum Gasteiger partial charge on any atom is 0.389 e. The molecular weight excluding hydrogens is 283 g/mol. The summed E-state index contributed by atoms with van der Waals surface area (Å²) >= 11 is 0. The van der Waals surface area contributed by atoms with E-state index in [2.05, 4.69) is 5.32 Å². The van der Waals surface area contributed by atoms with Crippen molar-refractivity contribution in [3.8, 4) is 11.5 Å². The van der Waals surface area contributed by atoms with Crippen LogP contribution in [0.15, 0.2) is 24.3 Å². The van der Waals surface area contributed by atoms with Crippen LogP contribution in [-0.4, -0.2) is 32.5 Å². The third-order valence-corrected chi connectivity index (χ3v) is 2.75. The summed E-state index contributed by atoms with van der Waals surface area (Å²) in [6, 6.07) is 7.40. The van der Waals surface area contributed by atoms with Crippen molar-refractivity contribution in [2.24, 2.45) is 0 Å². The highest BCUT2D eigenvalue weighted by atomic mass is 19.4. The smallest absolute Gasteiger partial charge is 0.389 e. The highest BCUT2D eigenvalue weighted by molar-refractivity contribution is 5.39. The van der Waals surface area contributed by atoms with Gasteiger partial charge in [0.15, 0.2) is 11.5 Å². The molecule has 3 nitrogen and oxygen atoms in total. The van der Waals surface area contributed by atoms with Gasteiger partial charge in [-0.25, -0.2) is 0 Å². The first-order valence-corrected chi connectivity index (χ1v) is 7.15. The average molecular weight is 305 g/mol. The summed E-state index contributed by atoms with van der Waals surface area (Å²) in [6.45, 7) is 4.07. The predicted molar refractivity (Wildman–Crippen MR) is 75.9 cm³/mol. The van der Waals surface area contributed by atoms with E-state index in [1.807, 2.05) is 31.2 Å². The first-order valence-electron chi connectivity index (χ1n) is 7.15. The molecule has 0 saturated carbocycles. The molecule has 1 aromatic carbocycles. The second-order valence-electron chi connectivity index (χ2n) is 4.55. The molecule has 1 rings (SSSR count). The number of hydrogen-bond acceptors (Lipinski definition) is 3. The lowest BCUT2D eigenvalue weighted by Gasteiger charge is -2.12. The number of halogens is 3. The van der Waals surface area contributed by atoms with Crippen molar-refractivity contribution in [1.82, 2.24) is 5.32 Å². The summed E-state index contributed by atoms with van der Waals surface area (Å²) < 4.78 is 46.8. The van der Waals surface area contributed by atoms with Crippen LogP contribution >= 0.6 is 0 Å². The van der Waals surface area contributed by atoms with Gasteiger partial charge in [0, 0.05) is 13.0 Å². The van der Waals surface area contributed by atoms with Crippen molar-refractivity contribution >= 4 is 0 Å². The van der Waals surface area contributed by atoms with Crippen LogP contribution in [0.5, 0.6) is 11.5 Å². The second-order valence-corrected chi connectivity index (χ2v) is 4.55. The van der Waals surface area contributed by atoms with Crippen molar-refractivity contribution in [2.45, 2.75) is 32.4 Å². The Bertz CT molecular complexity index is 397. The molecule has 0 fully saturated rings. The van der Waals surface area contributed by atoms with Crippen LogP contribution in [0.3, 0.4) is 0 Å². The van der Waals surface area contributed by atoms with Crippen molar-refractivity contribution in [1.29, 1.82) is 0 Å².